The standard InChI is InChI=1S/C16H24N2O2/c1-16(17,15(19)20)9-4-5-10-18-11-8-13-6-2-3-7-14(13)12-18/h2-3,6-7H,4-5,8-12,17H2,1H3,(H,19,20). The van der Waals surface area contributed by atoms with Gasteiger partial charge in [-0.3, -0.25) is 9.69 Å². The molecule has 1 aromatic rings. The molecule has 1 aliphatic rings. The Morgan fingerprint density at radius 2 is 2.05 bits per heavy atom. The lowest BCUT2D eigenvalue weighted by Gasteiger charge is -2.29. The topological polar surface area (TPSA) is 66.6 Å². The summed E-state index contributed by atoms with van der Waals surface area (Å²) in [5, 5.41) is 8.96. The van der Waals surface area contributed by atoms with Crippen molar-refractivity contribution in [3.05, 3.63) is 35.4 Å². The van der Waals surface area contributed by atoms with Crippen molar-refractivity contribution in [3.8, 4) is 0 Å². The minimum absolute atomic E-state index is 0.534. The smallest absolute Gasteiger partial charge is 0.323 e. The Morgan fingerprint density at radius 1 is 1.35 bits per heavy atom. The van der Waals surface area contributed by atoms with Crippen LogP contribution in [0.25, 0.3) is 0 Å². The van der Waals surface area contributed by atoms with Gasteiger partial charge in [-0.2, -0.15) is 0 Å². The van der Waals surface area contributed by atoms with Crippen molar-refractivity contribution in [2.45, 2.75) is 44.7 Å². The van der Waals surface area contributed by atoms with Crippen LogP contribution in [0.1, 0.15) is 37.3 Å². The Hall–Kier alpha value is -1.39. The van der Waals surface area contributed by atoms with E-state index in [0.29, 0.717) is 6.42 Å². The van der Waals surface area contributed by atoms with Gasteiger partial charge in [0.25, 0.3) is 0 Å². The summed E-state index contributed by atoms with van der Waals surface area (Å²) in [4.78, 5) is 13.4. The predicted octanol–water partition coefficient (Wildman–Crippen LogP) is 2.02. The summed E-state index contributed by atoms with van der Waals surface area (Å²) in [5.74, 6) is -0.913. The molecular weight excluding hydrogens is 252 g/mol. The van der Waals surface area contributed by atoms with Gasteiger partial charge in [0, 0.05) is 13.1 Å². The number of carboxylic acids is 1. The number of unbranched alkanes of at least 4 members (excludes halogenated alkanes) is 1. The van der Waals surface area contributed by atoms with Crippen LogP contribution in [0.4, 0.5) is 0 Å². The zero-order valence-electron chi connectivity index (χ0n) is 12.1. The largest absolute Gasteiger partial charge is 0.480 e. The SMILES string of the molecule is CC(N)(CCCCN1CCc2ccccc2C1)C(=O)O. The van der Waals surface area contributed by atoms with Crippen LogP contribution < -0.4 is 5.73 Å². The minimum Gasteiger partial charge on any atom is -0.480 e. The third-order valence-corrected chi connectivity index (χ3v) is 4.12. The molecule has 1 heterocycles. The van der Waals surface area contributed by atoms with Gasteiger partial charge >= 0.3 is 5.97 Å². The van der Waals surface area contributed by atoms with Crippen molar-refractivity contribution in [1.29, 1.82) is 0 Å². The van der Waals surface area contributed by atoms with Gasteiger partial charge in [-0.1, -0.05) is 24.3 Å². The summed E-state index contributed by atoms with van der Waals surface area (Å²) < 4.78 is 0. The number of fused-ring (bicyclic) bond motifs is 1. The number of benzene rings is 1. The maximum absolute atomic E-state index is 10.9. The number of nitrogens with zero attached hydrogens (tertiary/aromatic N) is 1. The maximum Gasteiger partial charge on any atom is 0.323 e. The number of carboxylic acid groups (broad SMARTS) is 1. The molecule has 4 nitrogen and oxygen atoms in total. The van der Waals surface area contributed by atoms with Crippen LogP contribution in [0.3, 0.4) is 0 Å². The molecule has 0 radical (unpaired) electrons. The van der Waals surface area contributed by atoms with Crippen molar-refractivity contribution in [3.63, 3.8) is 0 Å². The number of hydrogen-bond donors (Lipinski definition) is 2. The molecule has 0 spiro atoms. The highest BCUT2D eigenvalue weighted by Gasteiger charge is 2.27. The molecule has 1 aromatic carbocycles. The van der Waals surface area contributed by atoms with Gasteiger partial charge in [0.15, 0.2) is 0 Å². The molecular formula is C16H24N2O2. The second-order valence-electron chi connectivity index (χ2n) is 5.97. The number of rotatable bonds is 6. The van der Waals surface area contributed by atoms with E-state index >= 15 is 0 Å². The molecule has 0 amide bonds. The summed E-state index contributed by atoms with van der Waals surface area (Å²) in [6, 6.07) is 8.60. The highest BCUT2D eigenvalue weighted by Crippen LogP contribution is 2.19. The fourth-order valence-corrected chi connectivity index (χ4v) is 2.68. The number of hydrogen-bond acceptors (Lipinski definition) is 3. The van der Waals surface area contributed by atoms with Crippen molar-refractivity contribution < 1.29 is 9.90 Å². The summed E-state index contributed by atoms with van der Waals surface area (Å²) in [6.45, 7) is 4.71. The molecule has 0 aliphatic carbocycles. The van der Waals surface area contributed by atoms with Crippen molar-refractivity contribution in [2.75, 3.05) is 13.1 Å². The van der Waals surface area contributed by atoms with Crippen LogP contribution in [0, 0.1) is 0 Å². The third kappa shape index (κ3) is 3.81. The monoisotopic (exact) mass is 276 g/mol. The first-order valence-electron chi connectivity index (χ1n) is 7.30. The van der Waals surface area contributed by atoms with E-state index in [-0.39, 0.29) is 0 Å². The summed E-state index contributed by atoms with van der Waals surface area (Å²) in [6.07, 6.45) is 3.51. The van der Waals surface area contributed by atoms with Gasteiger partial charge in [-0.25, -0.2) is 0 Å². The predicted molar refractivity (Wildman–Crippen MR) is 79.5 cm³/mol. The first kappa shape index (κ1) is 15.0. The molecule has 4 heteroatoms. The van der Waals surface area contributed by atoms with E-state index in [1.54, 1.807) is 6.92 Å². The summed E-state index contributed by atoms with van der Waals surface area (Å²) in [7, 11) is 0. The number of nitrogens with two attached hydrogens (primary N) is 1. The lowest BCUT2D eigenvalue weighted by Crippen LogP contribution is -2.44. The Balaban J connectivity index is 1.73. The van der Waals surface area contributed by atoms with Crippen LogP contribution in [-0.2, 0) is 17.8 Å². The number of aliphatic carboxylic acids is 1. The second kappa shape index (κ2) is 6.37. The van der Waals surface area contributed by atoms with E-state index in [4.69, 9.17) is 10.8 Å². The number of carbonyl (C=O) groups is 1. The second-order valence-corrected chi connectivity index (χ2v) is 5.97. The fourth-order valence-electron chi connectivity index (χ4n) is 2.68. The molecule has 2 rings (SSSR count). The normalized spacial score (nSPS) is 18.3. The van der Waals surface area contributed by atoms with Crippen LogP contribution in [0.2, 0.25) is 0 Å². The van der Waals surface area contributed by atoms with Crippen molar-refractivity contribution >= 4 is 5.97 Å². The Bertz CT molecular complexity index is 471. The molecule has 0 fully saturated rings. The van der Waals surface area contributed by atoms with E-state index in [9.17, 15) is 4.79 Å². The van der Waals surface area contributed by atoms with Gasteiger partial charge < -0.3 is 10.8 Å². The first-order chi connectivity index (χ1) is 9.49. The summed E-state index contributed by atoms with van der Waals surface area (Å²) >= 11 is 0. The fraction of sp³-hybridized carbons (Fsp3) is 0.562. The lowest BCUT2D eigenvalue weighted by atomic mass is 9.96. The van der Waals surface area contributed by atoms with Gasteiger partial charge in [0.2, 0.25) is 0 Å². The highest BCUT2D eigenvalue weighted by molar-refractivity contribution is 5.77. The molecule has 110 valence electrons. The third-order valence-electron chi connectivity index (χ3n) is 4.12. The van der Waals surface area contributed by atoms with E-state index < -0.39 is 11.5 Å². The van der Waals surface area contributed by atoms with Gasteiger partial charge in [0.1, 0.15) is 5.54 Å². The maximum atomic E-state index is 10.9. The quantitative estimate of drug-likeness (QED) is 0.780. The van der Waals surface area contributed by atoms with E-state index in [1.165, 1.54) is 11.1 Å². The molecule has 0 bridgehead atoms. The molecule has 1 atom stereocenters. The molecule has 0 aromatic heterocycles. The van der Waals surface area contributed by atoms with Crippen LogP contribution in [0.5, 0.6) is 0 Å². The average Bonchev–Trinajstić information content (AvgIpc) is 2.43. The molecule has 20 heavy (non-hydrogen) atoms. The minimum atomic E-state index is -1.09. The van der Waals surface area contributed by atoms with Gasteiger partial charge in [-0.05, 0) is 50.3 Å². The Labute approximate surface area is 120 Å². The molecule has 1 unspecified atom stereocenters. The van der Waals surface area contributed by atoms with Gasteiger partial charge in [-0.15, -0.1) is 0 Å². The van der Waals surface area contributed by atoms with Gasteiger partial charge in [0.05, 0.1) is 0 Å². The molecule has 0 saturated carbocycles. The summed E-state index contributed by atoms with van der Waals surface area (Å²) in [5.41, 5.74) is 7.53. The van der Waals surface area contributed by atoms with Crippen molar-refractivity contribution in [2.24, 2.45) is 5.73 Å². The Kier molecular flexibility index (Phi) is 4.78. The van der Waals surface area contributed by atoms with Crippen LogP contribution in [0.15, 0.2) is 24.3 Å². The molecule has 3 N–H and O–H groups in total. The van der Waals surface area contributed by atoms with E-state index in [2.05, 4.69) is 29.2 Å². The lowest BCUT2D eigenvalue weighted by molar-refractivity contribution is -0.142. The van der Waals surface area contributed by atoms with E-state index in [0.717, 1.165) is 38.9 Å². The molecule has 0 saturated heterocycles. The first-order valence-corrected chi connectivity index (χ1v) is 7.30. The average molecular weight is 276 g/mol. The van der Waals surface area contributed by atoms with Crippen LogP contribution >= 0.6 is 0 Å². The zero-order chi connectivity index (χ0) is 14.6. The van der Waals surface area contributed by atoms with Crippen molar-refractivity contribution in [1.82, 2.24) is 4.90 Å². The molecule has 1 aliphatic heterocycles. The van der Waals surface area contributed by atoms with E-state index in [1.807, 2.05) is 0 Å². The zero-order valence-corrected chi connectivity index (χ0v) is 12.1. The Morgan fingerprint density at radius 3 is 2.75 bits per heavy atom. The highest BCUT2D eigenvalue weighted by atomic mass is 16.4. The van der Waals surface area contributed by atoms with Crippen LogP contribution in [-0.4, -0.2) is 34.6 Å².